The van der Waals surface area contributed by atoms with E-state index in [1.807, 2.05) is 36.6 Å². The lowest BCUT2D eigenvalue weighted by Crippen LogP contribution is -2.15. The van der Waals surface area contributed by atoms with Gasteiger partial charge in [-0.25, -0.2) is 0 Å². The minimum atomic E-state index is -0.193. The molecule has 118 valence electrons. The van der Waals surface area contributed by atoms with Gasteiger partial charge in [-0.05, 0) is 55.0 Å². The first-order valence-corrected chi connectivity index (χ1v) is 8.44. The smallest absolute Gasteiger partial charge is 0.248 e. The predicted molar refractivity (Wildman–Crippen MR) is 94.5 cm³/mol. The molecule has 1 fully saturated rings. The largest absolute Gasteiger partial charge is 0.326 e. The lowest BCUT2D eigenvalue weighted by atomic mass is 10.1. The second-order valence-corrected chi connectivity index (χ2v) is 6.61. The first-order chi connectivity index (χ1) is 11.1. The van der Waals surface area contributed by atoms with Gasteiger partial charge in [-0.15, -0.1) is 11.3 Å². The number of anilines is 2. The Bertz CT molecular complexity index is 746. The van der Waals surface area contributed by atoms with Crippen molar-refractivity contribution in [2.75, 3.05) is 10.6 Å². The molecule has 5 heteroatoms. The molecule has 0 aliphatic heterocycles. The van der Waals surface area contributed by atoms with Crippen molar-refractivity contribution in [3.8, 4) is 0 Å². The monoisotopic (exact) mass is 326 g/mol. The average Bonchev–Trinajstić information content (AvgIpc) is 3.25. The first-order valence-electron chi connectivity index (χ1n) is 7.56. The maximum atomic E-state index is 12.0. The third kappa shape index (κ3) is 4.29. The molecular formula is C18H18N2O2S. The molecule has 2 N–H and O–H groups in total. The van der Waals surface area contributed by atoms with E-state index in [2.05, 4.69) is 10.6 Å². The van der Waals surface area contributed by atoms with Crippen molar-refractivity contribution in [3.05, 3.63) is 52.2 Å². The van der Waals surface area contributed by atoms with E-state index >= 15 is 0 Å². The number of benzene rings is 1. The van der Waals surface area contributed by atoms with E-state index in [1.165, 1.54) is 6.08 Å². The van der Waals surface area contributed by atoms with Crippen molar-refractivity contribution >= 4 is 40.6 Å². The van der Waals surface area contributed by atoms with Gasteiger partial charge in [0.25, 0.3) is 0 Å². The van der Waals surface area contributed by atoms with E-state index in [0.717, 1.165) is 29.0 Å². The molecule has 23 heavy (non-hydrogen) atoms. The van der Waals surface area contributed by atoms with Crippen molar-refractivity contribution < 1.29 is 9.59 Å². The Hall–Kier alpha value is -2.40. The third-order valence-electron chi connectivity index (χ3n) is 3.65. The van der Waals surface area contributed by atoms with Crippen LogP contribution in [0.2, 0.25) is 0 Å². The molecule has 0 radical (unpaired) electrons. The molecule has 0 atom stereocenters. The number of carbonyl (C=O) groups excluding carboxylic acids is 2. The van der Waals surface area contributed by atoms with Gasteiger partial charge in [0.05, 0.1) is 0 Å². The highest BCUT2D eigenvalue weighted by Crippen LogP contribution is 2.31. The summed E-state index contributed by atoms with van der Waals surface area (Å²) in [5.41, 5.74) is 2.40. The van der Waals surface area contributed by atoms with Gasteiger partial charge in [0.15, 0.2) is 0 Å². The second-order valence-electron chi connectivity index (χ2n) is 5.63. The van der Waals surface area contributed by atoms with Crippen LogP contribution in [0.4, 0.5) is 11.4 Å². The number of carbonyl (C=O) groups is 2. The second kappa shape index (κ2) is 6.79. The highest BCUT2D eigenvalue weighted by Gasteiger charge is 2.29. The lowest BCUT2D eigenvalue weighted by molar-refractivity contribution is -0.117. The number of thiophene rings is 1. The average molecular weight is 326 g/mol. The lowest BCUT2D eigenvalue weighted by Gasteiger charge is -2.10. The molecule has 3 rings (SSSR count). The zero-order chi connectivity index (χ0) is 16.2. The summed E-state index contributed by atoms with van der Waals surface area (Å²) in [6.07, 6.45) is 5.22. The molecule has 1 aliphatic carbocycles. The molecule has 0 unspecified atom stereocenters. The van der Waals surface area contributed by atoms with Crippen molar-refractivity contribution in [1.82, 2.24) is 0 Å². The van der Waals surface area contributed by atoms with E-state index in [-0.39, 0.29) is 17.7 Å². The summed E-state index contributed by atoms with van der Waals surface area (Å²) in [6, 6.07) is 9.41. The van der Waals surface area contributed by atoms with E-state index < -0.39 is 0 Å². The van der Waals surface area contributed by atoms with Gasteiger partial charge in [0.1, 0.15) is 0 Å². The summed E-state index contributed by atoms with van der Waals surface area (Å²) in [6.45, 7) is 1.94. The fraction of sp³-hybridized carbons (Fsp3) is 0.222. The number of aryl methyl sites for hydroxylation is 1. The summed E-state index contributed by atoms with van der Waals surface area (Å²) < 4.78 is 0. The van der Waals surface area contributed by atoms with Crippen LogP contribution >= 0.6 is 11.3 Å². The molecule has 1 heterocycles. The standard InChI is InChI=1S/C18H18N2O2S/c1-12-4-7-14(11-16(12)20-18(22)13-5-6-13)19-17(21)9-8-15-3-2-10-23-15/h2-4,7-11,13H,5-6H2,1H3,(H,19,21)(H,20,22)/b9-8+. The first kappa shape index (κ1) is 15.5. The Morgan fingerprint density at radius 2 is 2.04 bits per heavy atom. The summed E-state index contributed by atoms with van der Waals surface area (Å²) in [5.74, 6) is 0.0252. The molecule has 2 amide bonds. The number of hydrogen-bond acceptors (Lipinski definition) is 3. The summed E-state index contributed by atoms with van der Waals surface area (Å²) in [7, 11) is 0. The van der Waals surface area contributed by atoms with Gasteiger partial charge < -0.3 is 10.6 Å². The van der Waals surface area contributed by atoms with Crippen molar-refractivity contribution in [2.45, 2.75) is 19.8 Å². The zero-order valence-electron chi connectivity index (χ0n) is 12.8. The van der Waals surface area contributed by atoms with Crippen LogP contribution in [0.3, 0.4) is 0 Å². The van der Waals surface area contributed by atoms with Crippen LogP contribution in [0.5, 0.6) is 0 Å². The fourth-order valence-corrected chi connectivity index (χ4v) is 2.76. The third-order valence-corrected chi connectivity index (χ3v) is 4.49. The molecule has 2 aromatic rings. The summed E-state index contributed by atoms with van der Waals surface area (Å²) in [4.78, 5) is 24.9. The van der Waals surface area contributed by atoms with Crippen molar-refractivity contribution in [2.24, 2.45) is 5.92 Å². The van der Waals surface area contributed by atoms with Crippen molar-refractivity contribution in [1.29, 1.82) is 0 Å². The number of rotatable bonds is 5. The van der Waals surface area contributed by atoms with Gasteiger partial charge in [-0.3, -0.25) is 9.59 Å². The topological polar surface area (TPSA) is 58.2 Å². The Morgan fingerprint density at radius 1 is 1.22 bits per heavy atom. The SMILES string of the molecule is Cc1ccc(NC(=O)/C=C/c2cccs2)cc1NC(=O)C1CC1. The van der Waals surface area contributed by atoms with Crippen LogP contribution < -0.4 is 10.6 Å². The van der Waals surface area contributed by atoms with Crippen LogP contribution in [0, 0.1) is 12.8 Å². The summed E-state index contributed by atoms with van der Waals surface area (Å²) >= 11 is 1.58. The molecule has 0 saturated heterocycles. The zero-order valence-corrected chi connectivity index (χ0v) is 13.7. The maximum Gasteiger partial charge on any atom is 0.248 e. The fourth-order valence-electron chi connectivity index (χ4n) is 2.14. The Labute approximate surface area is 139 Å². The van der Waals surface area contributed by atoms with Gasteiger partial charge >= 0.3 is 0 Å². The van der Waals surface area contributed by atoms with E-state index in [0.29, 0.717) is 5.69 Å². The van der Waals surface area contributed by atoms with Crippen LogP contribution in [0.15, 0.2) is 41.8 Å². The van der Waals surface area contributed by atoms with E-state index in [9.17, 15) is 9.59 Å². The van der Waals surface area contributed by atoms with Gasteiger partial charge in [-0.1, -0.05) is 12.1 Å². The van der Waals surface area contributed by atoms with E-state index in [1.54, 1.807) is 23.5 Å². The quantitative estimate of drug-likeness (QED) is 0.814. The Balaban J connectivity index is 1.65. The highest BCUT2D eigenvalue weighted by molar-refractivity contribution is 7.10. The van der Waals surface area contributed by atoms with Crippen molar-refractivity contribution in [3.63, 3.8) is 0 Å². The Kier molecular flexibility index (Phi) is 4.57. The van der Waals surface area contributed by atoms with Crippen LogP contribution in [0.25, 0.3) is 6.08 Å². The van der Waals surface area contributed by atoms with Crippen LogP contribution in [-0.2, 0) is 9.59 Å². The minimum absolute atomic E-state index is 0.0640. The maximum absolute atomic E-state index is 12.0. The molecule has 0 bridgehead atoms. The minimum Gasteiger partial charge on any atom is -0.326 e. The Morgan fingerprint density at radius 3 is 2.74 bits per heavy atom. The highest BCUT2D eigenvalue weighted by atomic mass is 32.1. The molecule has 1 aliphatic rings. The molecule has 1 saturated carbocycles. The normalized spacial score (nSPS) is 14.0. The number of amides is 2. The summed E-state index contributed by atoms with van der Waals surface area (Å²) in [5, 5.41) is 7.72. The van der Waals surface area contributed by atoms with Gasteiger partial charge in [0, 0.05) is 28.2 Å². The van der Waals surface area contributed by atoms with Crippen LogP contribution in [0.1, 0.15) is 23.3 Å². The molecular weight excluding hydrogens is 308 g/mol. The predicted octanol–water partition coefficient (Wildman–Crippen LogP) is 4.06. The molecule has 1 aromatic carbocycles. The van der Waals surface area contributed by atoms with E-state index in [4.69, 9.17) is 0 Å². The van der Waals surface area contributed by atoms with Gasteiger partial charge in [-0.2, -0.15) is 0 Å². The van der Waals surface area contributed by atoms with Gasteiger partial charge in [0.2, 0.25) is 11.8 Å². The van der Waals surface area contributed by atoms with Crippen LogP contribution in [-0.4, -0.2) is 11.8 Å². The molecule has 4 nitrogen and oxygen atoms in total. The molecule has 0 spiro atoms. The number of hydrogen-bond donors (Lipinski definition) is 2. The number of nitrogens with one attached hydrogen (secondary N) is 2. The molecule has 1 aromatic heterocycles.